The summed E-state index contributed by atoms with van der Waals surface area (Å²) in [4.78, 5) is 0. The van der Waals surface area contributed by atoms with Crippen LogP contribution in [-0.4, -0.2) is 6.36 Å². The summed E-state index contributed by atoms with van der Waals surface area (Å²) in [6.07, 6.45) is -4.94. The third-order valence-electron chi connectivity index (χ3n) is 2.46. The minimum atomic E-state index is -4.94. The van der Waals surface area contributed by atoms with Gasteiger partial charge in [0, 0.05) is 11.1 Å². The van der Waals surface area contributed by atoms with Gasteiger partial charge in [-0.2, -0.15) is 0 Å². The number of aryl methyl sites for hydroxylation is 1. The van der Waals surface area contributed by atoms with Crippen molar-refractivity contribution in [3.05, 3.63) is 35.6 Å². The van der Waals surface area contributed by atoms with E-state index in [0.29, 0.717) is 16.6 Å². The van der Waals surface area contributed by atoms with Gasteiger partial charge in [-0.25, -0.2) is 4.39 Å². The van der Waals surface area contributed by atoms with Crippen LogP contribution in [-0.2, 0) is 0 Å². The summed E-state index contributed by atoms with van der Waals surface area (Å²) in [6, 6.07) is 5.20. The molecule has 0 heterocycles. The maximum atomic E-state index is 13.5. The fourth-order valence-corrected chi connectivity index (χ4v) is 1.86. The van der Waals surface area contributed by atoms with Gasteiger partial charge in [0.1, 0.15) is 0 Å². The second-order valence-electron chi connectivity index (χ2n) is 3.86. The number of fused-ring (bicyclic) bond motifs is 1. The number of anilines is 1. The zero-order chi connectivity index (χ0) is 15.5. The van der Waals surface area contributed by atoms with Crippen LogP contribution >= 0.6 is 0 Å². The molecule has 2 aromatic carbocycles. The van der Waals surface area contributed by atoms with Crippen LogP contribution in [0.25, 0.3) is 10.8 Å². The molecule has 0 aliphatic carbocycles. The van der Waals surface area contributed by atoms with Crippen molar-refractivity contribution in [3.8, 4) is 5.75 Å². The Balaban J connectivity index is 0.000000956. The van der Waals surface area contributed by atoms with Crippen molar-refractivity contribution in [2.45, 2.75) is 27.1 Å². The number of nitrogen functional groups attached to an aromatic ring is 1. The lowest BCUT2D eigenvalue weighted by Gasteiger charge is -2.14. The molecule has 0 aromatic heterocycles. The van der Waals surface area contributed by atoms with Crippen molar-refractivity contribution in [3.63, 3.8) is 0 Å². The molecule has 110 valence electrons. The molecule has 2 rings (SSSR count). The van der Waals surface area contributed by atoms with Crippen LogP contribution in [0.4, 0.5) is 23.2 Å². The van der Waals surface area contributed by atoms with Crippen LogP contribution in [0.2, 0.25) is 0 Å². The van der Waals surface area contributed by atoms with Crippen molar-refractivity contribution in [1.29, 1.82) is 0 Å². The van der Waals surface area contributed by atoms with Crippen molar-refractivity contribution < 1.29 is 22.3 Å². The minimum absolute atomic E-state index is 0.0709. The van der Waals surface area contributed by atoms with E-state index in [-0.39, 0.29) is 5.39 Å². The lowest BCUT2D eigenvalue weighted by Crippen LogP contribution is -2.18. The highest BCUT2D eigenvalue weighted by Gasteiger charge is 2.33. The Bertz CT molecular complexity index is 608. The number of benzene rings is 2. The van der Waals surface area contributed by atoms with Crippen LogP contribution in [0.3, 0.4) is 0 Å². The predicted octanol–water partition coefficient (Wildman–Crippen LogP) is 4.79. The lowest BCUT2D eigenvalue weighted by atomic mass is 10.0. The first-order chi connectivity index (χ1) is 9.28. The molecule has 0 atom stereocenters. The SMILES string of the molecule is CC.Cc1cc(N)cc2ccc(F)c(OC(F)(F)F)c12. The first-order valence-corrected chi connectivity index (χ1v) is 6.02. The molecule has 0 saturated carbocycles. The highest BCUT2D eigenvalue weighted by molar-refractivity contribution is 5.93. The molecule has 6 heteroatoms. The molecule has 20 heavy (non-hydrogen) atoms. The molecule has 0 saturated heterocycles. The van der Waals surface area contributed by atoms with E-state index in [0.717, 1.165) is 6.07 Å². The Labute approximate surface area is 114 Å². The summed E-state index contributed by atoms with van der Waals surface area (Å²) in [7, 11) is 0. The standard InChI is InChI=1S/C12H9F4NO.C2H6/c1-6-4-8(17)5-7-2-3-9(13)11(10(6)7)18-12(14,15)16;1-2/h2-5H,17H2,1H3;1-2H3. The molecule has 0 aliphatic heterocycles. The Morgan fingerprint density at radius 1 is 1.10 bits per heavy atom. The number of hydrogen-bond acceptors (Lipinski definition) is 2. The average Bonchev–Trinajstić information content (AvgIpc) is 2.33. The normalized spacial score (nSPS) is 10.9. The molecule has 2 aromatic rings. The van der Waals surface area contributed by atoms with E-state index in [4.69, 9.17) is 5.73 Å². The third kappa shape index (κ3) is 3.53. The van der Waals surface area contributed by atoms with Crippen LogP contribution in [0.15, 0.2) is 24.3 Å². The van der Waals surface area contributed by atoms with Gasteiger partial charge in [-0.05, 0) is 36.1 Å². The fourth-order valence-electron chi connectivity index (χ4n) is 1.86. The summed E-state index contributed by atoms with van der Waals surface area (Å²) < 4.78 is 54.0. The molecular formula is C14H15F4NO. The van der Waals surface area contributed by atoms with Gasteiger partial charge in [-0.3, -0.25) is 0 Å². The van der Waals surface area contributed by atoms with Gasteiger partial charge in [0.2, 0.25) is 0 Å². The third-order valence-corrected chi connectivity index (χ3v) is 2.46. The minimum Gasteiger partial charge on any atom is -0.402 e. The highest BCUT2D eigenvalue weighted by atomic mass is 19.4. The zero-order valence-electron chi connectivity index (χ0n) is 11.3. The van der Waals surface area contributed by atoms with Crippen molar-refractivity contribution >= 4 is 16.5 Å². The second kappa shape index (κ2) is 5.98. The van der Waals surface area contributed by atoms with E-state index >= 15 is 0 Å². The van der Waals surface area contributed by atoms with Gasteiger partial charge >= 0.3 is 6.36 Å². The van der Waals surface area contributed by atoms with Gasteiger partial charge in [0.15, 0.2) is 11.6 Å². The molecule has 0 aliphatic rings. The van der Waals surface area contributed by atoms with Crippen LogP contribution in [0, 0.1) is 12.7 Å². The molecule has 0 unspecified atom stereocenters. The van der Waals surface area contributed by atoms with Crippen LogP contribution in [0.5, 0.6) is 5.75 Å². The number of ether oxygens (including phenoxy) is 1. The van der Waals surface area contributed by atoms with Gasteiger partial charge in [0.25, 0.3) is 0 Å². The fraction of sp³-hybridized carbons (Fsp3) is 0.286. The summed E-state index contributed by atoms with van der Waals surface area (Å²) in [5, 5.41) is 0.467. The summed E-state index contributed by atoms with van der Waals surface area (Å²) in [5.41, 5.74) is 6.40. The van der Waals surface area contributed by atoms with E-state index in [2.05, 4.69) is 4.74 Å². The molecule has 0 fully saturated rings. The average molecular weight is 289 g/mol. The molecule has 0 radical (unpaired) electrons. The van der Waals surface area contributed by atoms with Crippen LogP contribution in [0.1, 0.15) is 19.4 Å². The number of rotatable bonds is 1. The van der Waals surface area contributed by atoms with E-state index in [1.54, 1.807) is 6.92 Å². The zero-order valence-corrected chi connectivity index (χ0v) is 11.3. The highest BCUT2D eigenvalue weighted by Crippen LogP contribution is 2.36. The Morgan fingerprint density at radius 3 is 2.25 bits per heavy atom. The number of hydrogen-bond donors (Lipinski definition) is 1. The number of nitrogens with two attached hydrogens (primary N) is 1. The summed E-state index contributed by atoms with van der Waals surface area (Å²) >= 11 is 0. The van der Waals surface area contributed by atoms with Gasteiger partial charge in [-0.1, -0.05) is 19.9 Å². The van der Waals surface area contributed by atoms with Crippen molar-refractivity contribution in [1.82, 2.24) is 0 Å². The summed E-state index contributed by atoms with van der Waals surface area (Å²) in [6.45, 7) is 5.54. The molecule has 2 nitrogen and oxygen atoms in total. The molecule has 2 N–H and O–H groups in total. The summed E-state index contributed by atoms with van der Waals surface area (Å²) in [5.74, 6) is -1.88. The van der Waals surface area contributed by atoms with E-state index < -0.39 is 17.9 Å². The van der Waals surface area contributed by atoms with Crippen molar-refractivity contribution in [2.24, 2.45) is 0 Å². The Hall–Kier alpha value is -1.98. The lowest BCUT2D eigenvalue weighted by molar-refractivity contribution is -0.275. The van der Waals surface area contributed by atoms with E-state index in [1.807, 2.05) is 13.8 Å². The molecule has 0 spiro atoms. The van der Waals surface area contributed by atoms with Gasteiger partial charge in [0.05, 0.1) is 0 Å². The molecule has 0 amide bonds. The molecule has 0 bridgehead atoms. The Morgan fingerprint density at radius 2 is 1.70 bits per heavy atom. The largest absolute Gasteiger partial charge is 0.573 e. The topological polar surface area (TPSA) is 35.2 Å². The second-order valence-corrected chi connectivity index (χ2v) is 3.86. The maximum Gasteiger partial charge on any atom is 0.573 e. The van der Waals surface area contributed by atoms with E-state index in [1.165, 1.54) is 18.2 Å². The quantitative estimate of drug-likeness (QED) is 0.605. The number of alkyl halides is 3. The van der Waals surface area contributed by atoms with Crippen LogP contribution < -0.4 is 10.5 Å². The monoisotopic (exact) mass is 289 g/mol. The predicted molar refractivity (Wildman–Crippen MR) is 71.1 cm³/mol. The first kappa shape index (κ1) is 16.1. The van der Waals surface area contributed by atoms with Gasteiger partial charge in [-0.15, -0.1) is 13.2 Å². The maximum absolute atomic E-state index is 13.5. The van der Waals surface area contributed by atoms with Crippen molar-refractivity contribution in [2.75, 3.05) is 5.73 Å². The van der Waals surface area contributed by atoms with E-state index in [9.17, 15) is 17.6 Å². The molecular weight excluding hydrogens is 274 g/mol. The smallest absolute Gasteiger partial charge is 0.402 e. The first-order valence-electron chi connectivity index (χ1n) is 6.02. The Kier molecular flexibility index (Phi) is 4.81. The number of halogens is 4. The van der Waals surface area contributed by atoms with Gasteiger partial charge < -0.3 is 10.5 Å².